The average Bonchev–Trinajstić information content (AvgIpc) is 2.96. The molecule has 2 aromatic carbocycles. The number of nitrogens with zero attached hydrogens (tertiary/aromatic N) is 2. The molecule has 1 aliphatic rings. The highest BCUT2D eigenvalue weighted by molar-refractivity contribution is 6.37. The lowest BCUT2D eigenvalue weighted by Crippen LogP contribution is -2.32. The molecule has 6 heteroatoms. The molecule has 5 nitrogen and oxygen atoms in total. The predicted octanol–water partition coefficient (Wildman–Crippen LogP) is 5.05. The molecule has 3 aromatic rings. The Hall–Kier alpha value is -3.44. The number of aromatic nitrogens is 1. The summed E-state index contributed by atoms with van der Waals surface area (Å²) in [7, 11) is 0. The summed E-state index contributed by atoms with van der Waals surface area (Å²) >= 11 is 6.27. The minimum Gasteiger partial charge on any atom is -0.350 e. The molecule has 0 saturated carbocycles. The third-order valence-corrected chi connectivity index (χ3v) is 5.76. The molecular weight excluding hydrogens is 410 g/mol. The molecule has 4 rings (SSSR count). The number of nitrogens with one attached hydrogen (secondary N) is 1. The molecule has 0 radical (unpaired) electrons. The second kappa shape index (κ2) is 8.36. The van der Waals surface area contributed by atoms with Crippen molar-refractivity contribution in [2.45, 2.75) is 27.3 Å². The number of aryl methyl sites for hydroxylation is 3. The fourth-order valence-corrected chi connectivity index (χ4v) is 3.85. The number of halogens is 1. The van der Waals surface area contributed by atoms with E-state index in [1.54, 1.807) is 30.6 Å². The van der Waals surface area contributed by atoms with Gasteiger partial charge in [-0.25, -0.2) is 0 Å². The van der Waals surface area contributed by atoms with E-state index >= 15 is 0 Å². The normalized spacial score (nSPS) is 13.9. The largest absolute Gasteiger partial charge is 0.350 e. The van der Waals surface area contributed by atoms with Gasteiger partial charge in [0.25, 0.3) is 11.8 Å². The number of carbonyl (C=O) groups excluding carboxylic acids is 2. The van der Waals surface area contributed by atoms with Crippen LogP contribution in [0, 0.1) is 20.8 Å². The van der Waals surface area contributed by atoms with Gasteiger partial charge in [0.1, 0.15) is 5.70 Å². The quantitative estimate of drug-likeness (QED) is 0.574. The number of pyridine rings is 1. The highest BCUT2D eigenvalue weighted by Crippen LogP contribution is 2.34. The van der Waals surface area contributed by atoms with Gasteiger partial charge in [0.2, 0.25) is 0 Å². The van der Waals surface area contributed by atoms with Gasteiger partial charge in [-0.3, -0.25) is 19.5 Å². The van der Waals surface area contributed by atoms with Crippen LogP contribution in [-0.2, 0) is 16.1 Å². The standard InChI is InChI=1S/C25H22ClN3O2/c1-15-4-7-20(17(3)12-15)22-23(28-19-6-5-16(2)21(26)13-19)25(31)29(24(22)30)14-18-8-10-27-11-9-18/h4-13,28H,14H2,1-3H3. The molecule has 2 heterocycles. The van der Waals surface area contributed by atoms with E-state index in [2.05, 4.69) is 10.3 Å². The maximum atomic E-state index is 13.4. The van der Waals surface area contributed by atoms with E-state index in [-0.39, 0.29) is 24.1 Å². The monoisotopic (exact) mass is 431 g/mol. The molecule has 0 aliphatic carbocycles. The van der Waals surface area contributed by atoms with Gasteiger partial charge < -0.3 is 5.32 Å². The van der Waals surface area contributed by atoms with Gasteiger partial charge >= 0.3 is 0 Å². The van der Waals surface area contributed by atoms with Crippen LogP contribution in [0.3, 0.4) is 0 Å². The van der Waals surface area contributed by atoms with Crippen molar-refractivity contribution in [3.8, 4) is 0 Å². The van der Waals surface area contributed by atoms with Crippen LogP contribution in [0.25, 0.3) is 5.57 Å². The van der Waals surface area contributed by atoms with Gasteiger partial charge in [0.15, 0.2) is 0 Å². The SMILES string of the molecule is Cc1ccc(C2=C(Nc3ccc(C)c(Cl)c3)C(=O)N(Cc3ccncc3)C2=O)c(C)c1. The minimum atomic E-state index is -0.367. The van der Waals surface area contributed by atoms with Crippen LogP contribution < -0.4 is 5.32 Å². The zero-order valence-corrected chi connectivity index (χ0v) is 18.3. The number of carbonyl (C=O) groups is 2. The fraction of sp³-hybridized carbons (Fsp3) is 0.160. The maximum absolute atomic E-state index is 13.4. The molecule has 0 bridgehead atoms. The Balaban J connectivity index is 1.79. The van der Waals surface area contributed by atoms with Crippen molar-refractivity contribution in [3.05, 3.63) is 99.5 Å². The van der Waals surface area contributed by atoms with Crippen LogP contribution in [0.4, 0.5) is 5.69 Å². The Kier molecular flexibility index (Phi) is 5.61. The summed E-state index contributed by atoms with van der Waals surface area (Å²) in [5.41, 5.74) is 5.80. The summed E-state index contributed by atoms with van der Waals surface area (Å²) < 4.78 is 0. The molecular formula is C25H22ClN3O2. The first kappa shape index (κ1) is 20.8. The average molecular weight is 432 g/mol. The third-order valence-electron chi connectivity index (χ3n) is 5.35. The zero-order valence-electron chi connectivity index (χ0n) is 17.6. The van der Waals surface area contributed by atoms with Crippen LogP contribution >= 0.6 is 11.6 Å². The Morgan fingerprint density at radius 1 is 0.903 bits per heavy atom. The van der Waals surface area contributed by atoms with Gasteiger partial charge in [0, 0.05) is 23.1 Å². The second-order valence-electron chi connectivity index (χ2n) is 7.71. The molecule has 1 aliphatic heterocycles. The molecule has 0 atom stereocenters. The lowest BCUT2D eigenvalue weighted by atomic mass is 9.97. The van der Waals surface area contributed by atoms with Gasteiger partial charge in [-0.2, -0.15) is 0 Å². The van der Waals surface area contributed by atoms with Crippen molar-refractivity contribution < 1.29 is 9.59 Å². The predicted molar refractivity (Wildman–Crippen MR) is 122 cm³/mol. The summed E-state index contributed by atoms with van der Waals surface area (Å²) in [6.45, 7) is 6.02. The summed E-state index contributed by atoms with van der Waals surface area (Å²) in [6.07, 6.45) is 3.29. The van der Waals surface area contributed by atoms with Crippen molar-refractivity contribution in [3.63, 3.8) is 0 Å². The van der Waals surface area contributed by atoms with Crippen molar-refractivity contribution in [2.24, 2.45) is 0 Å². The number of anilines is 1. The smallest absolute Gasteiger partial charge is 0.278 e. The molecule has 2 amide bonds. The molecule has 0 spiro atoms. The van der Waals surface area contributed by atoms with E-state index in [1.807, 2.05) is 51.1 Å². The number of rotatable bonds is 5. The van der Waals surface area contributed by atoms with Crippen molar-refractivity contribution >= 4 is 34.7 Å². The minimum absolute atomic E-state index is 0.175. The van der Waals surface area contributed by atoms with Crippen molar-refractivity contribution in [2.75, 3.05) is 5.32 Å². The summed E-state index contributed by atoms with van der Waals surface area (Å²) in [6, 6.07) is 14.9. The zero-order chi connectivity index (χ0) is 22.1. The van der Waals surface area contributed by atoms with Crippen LogP contribution in [-0.4, -0.2) is 21.7 Å². The molecule has 156 valence electrons. The maximum Gasteiger partial charge on any atom is 0.278 e. The number of amides is 2. The van der Waals surface area contributed by atoms with E-state index in [0.29, 0.717) is 16.3 Å². The molecule has 0 saturated heterocycles. The van der Waals surface area contributed by atoms with Gasteiger partial charge in [-0.05, 0) is 67.3 Å². The molecule has 1 aromatic heterocycles. The lowest BCUT2D eigenvalue weighted by Gasteiger charge is -2.15. The van der Waals surface area contributed by atoms with E-state index in [9.17, 15) is 9.59 Å². The van der Waals surface area contributed by atoms with E-state index < -0.39 is 0 Å². The molecule has 0 fully saturated rings. The van der Waals surface area contributed by atoms with Crippen molar-refractivity contribution in [1.82, 2.24) is 9.88 Å². The Morgan fingerprint density at radius 3 is 2.32 bits per heavy atom. The number of imide groups is 1. The topological polar surface area (TPSA) is 62.3 Å². The van der Waals surface area contributed by atoms with Crippen molar-refractivity contribution in [1.29, 1.82) is 0 Å². The lowest BCUT2D eigenvalue weighted by molar-refractivity contribution is -0.137. The Labute approximate surface area is 186 Å². The van der Waals surface area contributed by atoms with Crippen LogP contribution in [0.2, 0.25) is 5.02 Å². The fourth-order valence-electron chi connectivity index (χ4n) is 3.67. The van der Waals surface area contributed by atoms with Crippen LogP contribution in [0.15, 0.2) is 66.6 Å². The summed E-state index contributed by atoms with van der Waals surface area (Å²) in [5, 5.41) is 3.75. The second-order valence-corrected chi connectivity index (χ2v) is 8.12. The van der Waals surface area contributed by atoms with E-state index in [1.165, 1.54) is 4.90 Å². The third kappa shape index (κ3) is 4.09. The number of benzene rings is 2. The summed E-state index contributed by atoms with van der Waals surface area (Å²) in [4.78, 5) is 32.1. The summed E-state index contributed by atoms with van der Waals surface area (Å²) in [5.74, 6) is -0.692. The van der Waals surface area contributed by atoms with E-state index in [4.69, 9.17) is 11.6 Å². The van der Waals surface area contributed by atoms with Gasteiger partial charge in [-0.15, -0.1) is 0 Å². The van der Waals surface area contributed by atoms with Crippen LogP contribution in [0.1, 0.15) is 27.8 Å². The highest BCUT2D eigenvalue weighted by atomic mass is 35.5. The van der Waals surface area contributed by atoms with Gasteiger partial charge in [-0.1, -0.05) is 41.4 Å². The molecule has 31 heavy (non-hydrogen) atoms. The Morgan fingerprint density at radius 2 is 1.65 bits per heavy atom. The first-order valence-electron chi connectivity index (χ1n) is 9.95. The number of hydrogen-bond acceptors (Lipinski definition) is 4. The first-order valence-corrected chi connectivity index (χ1v) is 10.3. The first-order chi connectivity index (χ1) is 14.8. The highest BCUT2D eigenvalue weighted by Gasteiger charge is 2.39. The van der Waals surface area contributed by atoms with E-state index in [0.717, 1.165) is 27.8 Å². The molecule has 1 N–H and O–H groups in total. The number of hydrogen-bond donors (Lipinski definition) is 1. The Bertz CT molecular complexity index is 1220. The van der Waals surface area contributed by atoms with Gasteiger partial charge in [0.05, 0.1) is 12.1 Å². The van der Waals surface area contributed by atoms with Crippen LogP contribution in [0.5, 0.6) is 0 Å². The molecule has 0 unspecified atom stereocenters.